The third-order valence-electron chi connectivity index (χ3n) is 2.25. The van der Waals surface area contributed by atoms with Crippen LogP contribution < -0.4 is 10.2 Å². The van der Waals surface area contributed by atoms with Crippen LogP contribution in [0.2, 0.25) is 0 Å². The molecule has 0 spiro atoms. The fourth-order valence-electron chi connectivity index (χ4n) is 1.14. The Morgan fingerprint density at radius 2 is 1.82 bits per heavy atom. The summed E-state index contributed by atoms with van der Waals surface area (Å²) in [5.41, 5.74) is 0.554. The number of carbonyl (C=O) groups excluding carboxylic acids is 1. The molecule has 0 radical (unpaired) electrons. The Morgan fingerprint density at radius 1 is 1.29 bits per heavy atom. The number of amides is 2. The van der Waals surface area contributed by atoms with Gasteiger partial charge in [-0.15, -0.1) is 0 Å². The molecule has 1 unspecified atom stereocenters. The van der Waals surface area contributed by atoms with Crippen LogP contribution in [0.15, 0.2) is 24.3 Å². The SMILES string of the molecule is CC(NC(=O)N(C)c1ccc(O)cc1)C(=O)O. The van der Waals surface area contributed by atoms with Crippen molar-refractivity contribution in [2.45, 2.75) is 13.0 Å². The van der Waals surface area contributed by atoms with Crippen LogP contribution >= 0.6 is 0 Å². The third-order valence-corrected chi connectivity index (χ3v) is 2.25. The maximum absolute atomic E-state index is 11.6. The van der Waals surface area contributed by atoms with E-state index in [-0.39, 0.29) is 5.75 Å². The number of aromatic hydroxyl groups is 1. The Kier molecular flexibility index (Phi) is 3.92. The van der Waals surface area contributed by atoms with Gasteiger partial charge in [0, 0.05) is 12.7 Å². The number of nitrogens with zero attached hydrogens (tertiary/aromatic N) is 1. The molecule has 0 aliphatic rings. The molecule has 1 rings (SSSR count). The number of urea groups is 1. The minimum Gasteiger partial charge on any atom is -0.508 e. The Labute approximate surface area is 98.5 Å². The number of benzene rings is 1. The lowest BCUT2D eigenvalue weighted by Crippen LogP contribution is -2.45. The molecule has 0 fully saturated rings. The Hall–Kier alpha value is -2.24. The first-order valence-electron chi connectivity index (χ1n) is 4.98. The van der Waals surface area contributed by atoms with Crippen LogP contribution in [-0.4, -0.2) is 35.3 Å². The van der Waals surface area contributed by atoms with Crippen molar-refractivity contribution >= 4 is 17.7 Å². The second-order valence-corrected chi connectivity index (χ2v) is 3.58. The van der Waals surface area contributed by atoms with Gasteiger partial charge < -0.3 is 15.5 Å². The van der Waals surface area contributed by atoms with Crippen LogP contribution in [0.25, 0.3) is 0 Å². The molecule has 1 aromatic carbocycles. The molecule has 92 valence electrons. The molecule has 0 saturated carbocycles. The molecule has 2 amide bonds. The number of aliphatic carboxylic acids is 1. The lowest BCUT2D eigenvalue weighted by Gasteiger charge is -2.19. The predicted molar refractivity (Wildman–Crippen MR) is 62.1 cm³/mol. The fraction of sp³-hybridized carbons (Fsp3) is 0.273. The molecule has 1 aromatic rings. The molecular formula is C11H14N2O4. The van der Waals surface area contributed by atoms with Crippen molar-refractivity contribution < 1.29 is 19.8 Å². The van der Waals surface area contributed by atoms with E-state index >= 15 is 0 Å². The number of hydrogen-bond donors (Lipinski definition) is 3. The molecular weight excluding hydrogens is 224 g/mol. The number of carboxylic acid groups (broad SMARTS) is 1. The summed E-state index contributed by atoms with van der Waals surface area (Å²) in [6, 6.07) is 4.52. The molecule has 0 saturated heterocycles. The van der Waals surface area contributed by atoms with E-state index in [0.717, 1.165) is 0 Å². The largest absolute Gasteiger partial charge is 0.508 e. The summed E-state index contributed by atoms with van der Waals surface area (Å²) in [7, 11) is 1.51. The number of rotatable bonds is 3. The van der Waals surface area contributed by atoms with E-state index in [9.17, 15) is 9.59 Å². The number of nitrogens with one attached hydrogen (secondary N) is 1. The topological polar surface area (TPSA) is 89.9 Å². The number of carboxylic acids is 1. The van der Waals surface area contributed by atoms with E-state index in [1.165, 1.54) is 31.0 Å². The maximum Gasteiger partial charge on any atom is 0.325 e. The van der Waals surface area contributed by atoms with Gasteiger partial charge in [-0.1, -0.05) is 0 Å². The van der Waals surface area contributed by atoms with Crippen molar-refractivity contribution in [1.82, 2.24) is 5.32 Å². The van der Waals surface area contributed by atoms with Crippen molar-refractivity contribution in [3.8, 4) is 5.75 Å². The number of carbonyl (C=O) groups is 2. The summed E-state index contributed by atoms with van der Waals surface area (Å²) in [5, 5.41) is 20.1. The first-order chi connectivity index (χ1) is 7.91. The van der Waals surface area contributed by atoms with E-state index in [0.29, 0.717) is 5.69 Å². The average Bonchev–Trinajstić information content (AvgIpc) is 2.28. The number of phenols is 1. The highest BCUT2D eigenvalue weighted by Crippen LogP contribution is 2.17. The summed E-state index contributed by atoms with van der Waals surface area (Å²) in [5.74, 6) is -1.00. The fourth-order valence-corrected chi connectivity index (χ4v) is 1.14. The molecule has 17 heavy (non-hydrogen) atoms. The van der Waals surface area contributed by atoms with Gasteiger partial charge in [0.2, 0.25) is 0 Å². The Bertz CT molecular complexity index is 416. The van der Waals surface area contributed by atoms with Crippen LogP contribution in [0.4, 0.5) is 10.5 Å². The lowest BCUT2D eigenvalue weighted by molar-refractivity contribution is -0.138. The van der Waals surface area contributed by atoms with Crippen LogP contribution in [0, 0.1) is 0 Å². The number of hydrogen-bond acceptors (Lipinski definition) is 3. The highest BCUT2D eigenvalue weighted by atomic mass is 16.4. The van der Waals surface area contributed by atoms with Crippen molar-refractivity contribution in [3.63, 3.8) is 0 Å². The van der Waals surface area contributed by atoms with E-state index in [4.69, 9.17) is 10.2 Å². The summed E-state index contributed by atoms with van der Waals surface area (Å²) in [6.45, 7) is 1.38. The van der Waals surface area contributed by atoms with Crippen LogP contribution in [0.3, 0.4) is 0 Å². The standard InChI is InChI=1S/C11H14N2O4/c1-7(10(15)16)12-11(17)13(2)8-3-5-9(14)6-4-8/h3-7,14H,1-2H3,(H,12,17)(H,15,16). The molecule has 3 N–H and O–H groups in total. The monoisotopic (exact) mass is 238 g/mol. The van der Waals surface area contributed by atoms with E-state index in [2.05, 4.69) is 5.32 Å². The summed E-state index contributed by atoms with van der Waals surface area (Å²) in [4.78, 5) is 23.5. The highest BCUT2D eigenvalue weighted by molar-refractivity contribution is 5.93. The highest BCUT2D eigenvalue weighted by Gasteiger charge is 2.17. The Balaban J connectivity index is 2.70. The summed E-state index contributed by atoms with van der Waals surface area (Å²) < 4.78 is 0. The van der Waals surface area contributed by atoms with Gasteiger partial charge in [0.05, 0.1) is 0 Å². The minimum atomic E-state index is -1.10. The lowest BCUT2D eigenvalue weighted by atomic mass is 10.3. The maximum atomic E-state index is 11.6. The van der Waals surface area contributed by atoms with Gasteiger partial charge in [-0.05, 0) is 31.2 Å². The van der Waals surface area contributed by atoms with Gasteiger partial charge in [0.1, 0.15) is 11.8 Å². The minimum absolute atomic E-state index is 0.0986. The van der Waals surface area contributed by atoms with E-state index < -0.39 is 18.0 Å². The van der Waals surface area contributed by atoms with Crippen LogP contribution in [0.5, 0.6) is 5.75 Å². The van der Waals surface area contributed by atoms with Gasteiger partial charge >= 0.3 is 12.0 Å². The van der Waals surface area contributed by atoms with Gasteiger partial charge in [0.15, 0.2) is 0 Å². The number of phenolic OH excluding ortho intramolecular Hbond substituents is 1. The molecule has 6 heteroatoms. The second-order valence-electron chi connectivity index (χ2n) is 3.58. The first kappa shape index (κ1) is 12.8. The van der Waals surface area contributed by atoms with Gasteiger partial charge in [-0.25, -0.2) is 4.79 Å². The zero-order valence-electron chi connectivity index (χ0n) is 9.54. The molecule has 6 nitrogen and oxygen atoms in total. The first-order valence-corrected chi connectivity index (χ1v) is 4.98. The Morgan fingerprint density at radius 3 is 2.29 bits per heavy atom. The van der Waals surface area contributed by atoms with Crippen molar-refractivity contribution in [1.29, 1.82) is 0 Å². The predicted octanol–water partition coefficient (Wildman–Crippen LogP) is 1.01. The smallest absolute Gasteiger partial charge is 0.325 e. The van der Waals surface area contributed by atoms with Gasteiger partial charge in [0.25, 0.3) is 0 Å². The third kappa shape index (κ3) is 3.37. The zero-order valence-corrected chi connectivity index (χ0v) is 9.54. The zero-order chi connectivity index (χ0) is 13.0. The molecule has 0 aliphatic carbocycles. The van der Waals surface area contributed by atoms with Crippen LogP contribution in [0.1, 0.15) is 6.92 Å². The normalized spacial score (nSPS) is 11.6. The number of anilines is 1. The van der Waals surface area contributed by atoms with Gasteiger partial charge in [-0.3, -0.25) is 9.69 Å². The van der Waals surface area contributed by atoms with Crippen LogP contribution in [-0.2, 0) is 4.79 Å². The van der Waals surface area contributed by atoms with Crippen molar-refractivity contribution in [2.24, 2.45) is 0 Å². The summed E-state index contributed by atoms with van der Waals surface area (Å²) in [6.07, 6.45) is 0. The molecule has 0 aromatic heterocycles. The van der Waals surface area contributed by atoms with Crippen molar-refractivity contribution in [3.05, 3.63) is 24.3 Å². The molecule has 1 atom stereocenters. The average molecular weight is 238 g/mol. The van der Waals surface area contributed by atoms with Crippen molar-refractivity contribution in [2.75, 3.05) is 11.9 Å². The van der Waals surface area contributed by atoms with Gasteiger partial charge in [-0.2, -0.15) is 0 Å². The second kappa shape index (κ2) is 5.20. The van der Waals surface area contributed by atoms with E-state index in [1.54, 1.807) is 12.1 Å². The summed E-state index contributed by atoms with van der Waals surface area (Å²) >= 11 is 0. The molecule has 0 aliphatic heterocycles. The van der Waals surface area contributed by atoms with E-state index in [1.807, 2.05) is 0 Å². The molecule has 0 heterocycles. The molecule has 0 bridgehead atoms. The quantitative estimate of drug-likeness (QED) is 0.733.